The van der Waals surface area contributed by atoms with E-state index in [0.717, 1.165) is 38.3 Å². The molecule has 3 rings (SSSR count). The van der Waals surface area contributed by atoms with Crippen LogP contribution in [-0.2, 0) is 4.74 Å². The Labute approximate surface area is 107 Å². The number of hydrogen-bond acceptors (Lipinski definition) is 3. The van der Waals surface area contributed by atoms with Crippen LogP contribution >= 0.6 is 0 Å². The predicted octanol–water partition coefficient (Wildman–Crippen LogP) is 2.40. The molecule has 1 aromatic rings. The van der Waals surface area contributed by atoms with Crippen LogP contribution in [0.1, 0.15) is 24.9 Å². The fourth-order valence-electron chi connectivity index (χ4n) is 2.97. The average Bonchev–Trinajstić information content (AvgIpc) is 2.40. The van der Waals surface area contributed by atoms with E-state index in [1.807, 2.05) is 6.07 Å². The number of nitrogens with zero attached hydrogens (tertiary/aromatic N) is 1. The zero-order chi connectivity index (χ0) is 12.5. The molecule has 0 spiro atoms. The van der Waals surface area contributed by atoms with Gasteiger partial charge in [0.05, 0.1) is 18.9 Å². The molecule has 1 N–H and O–H groups in total. The molecule has 1 aromatic carbocycles. The lowest BCUT2D eigenvalue weighted by Crippen LogP contribution is -2.42. The lowest BCUT2D eigenvalue weighted by Gasteiger charge is -2.40. The molecule has 1 saturated heterocycles. The summed E-state index contributed by atoms with van der Waals surface area (Å²) in [6.07, 6.45) is 1.02. The van der Waals surface area contributed by atoms with E-state index in [2.05, 4.69) is 17.1 Å². The Balaban J connectivity index is 1.94. The lowest BCUT2D eigenvalue weighted by molar-refractivity contribution is 0.0127. The van der Waals surface area contributed by atoms with E-state index < -0.39 is 0 Å². The molecule has 0 amide bonds. The van der Waals surface area contributed by atoms with Crippen LogP contribution in [-0.4, -0.2) is 37.2 Å². The molecule has 0 radical (unpaired) electrons. The first-order valence-electron chi connectivity index (χ1n) is 6.62. The molecule has 18 heavy (non-hydrogen) atoms. The summed E-state index contributed by atoms with van der Waals surface area (Å²) >= 11 is 0. The van der Waals surface area contributed by atoms with Crippen molar-refractivity contribution in [2.45, 2.75) is 25.4 Å². The minimum Gasteiger partial charge on any atom is -0.380 e. The molecule has 0 aliphatic carbocycles. The van der Waals surface area contributed by atoms with Gasteiger partial charge >= 0.3 is 0 Å². The Morgan fingerprint density at radius 1 is 1.33 bits per heavy atom. The fraction of sp³-hybridized carbons (Fsp3) is 0.571. The smallest absolute Gasteiger partial charge is 0.146 e. The maximum absolute atomic E-state index is 13.9. The van der Waals surface area contributed by atoms with Crippen LogP contribution in [0.4, 0.5) is 10.1 Å². The molecule has 2 heterocycles. The number of anilines is 1. The first-order chi connectivity index (χ1) is 8.75. The molecule has 2 aliphatic heterocycles. The van der Waals surface area contributed by atoms with E-state index >= 15 is 0 Å². The Morgan fingerprint density at radius 3 is 2.89 bits per heavy atom. The quantitative estimate of drug-likeness (QED) is 0.828. The van der Waals surface area contributed by atoms with Crippen molar-refractivity contribution in [2.75, 3.05) is 31.6 Å². The van der Waals surface area contributed by atoms with E-state index in [9.17, 15) is 4.39 Å². The van der Waals surface area contributed by atoms with Gasteiger partial charge in [-0.25, -0.2) is 4.39 Å². The molecule has 4 heteroatoms. The number of rotatable bonds is 1. The summed E-state index contributed by atoms with van der Waals surface area (Å²) < 4.78 is 19.3. The molecular weight excluding hydrogens is 231 g/mol. The maximum atomic E-state index is 13.9. The minimum absolute atomic E-state index is 0.141. The van der Waals surface area contributed by atoms with E-state index in [-0.39, 0.29) is 5.82 Å². The van der Waals surface area contributed by atoms with Crippen LogP contribution < -0.4 is 5.32 Å². The molecule has 3 nitrogen and oxygen atoms in total. The Kier molecular flexibility index (Phi) is 3.22. The van der Waals surface area contributed by atoms with Gasteiger partial charge in [-0.2, -0.15) is 0 Å². The minimum atomic E-state index is -0.141. The second kappa shape index (κ2) is 4.86. The Morgan fingerprint density at radius 2 is 2.11 bits per heavy atom. The molecule has 0 saturated carbocycles. The first kappa shape index (κ1) is 11.9. The summed E-state index contributed by atoms with van der Waals surface area (Å²) in [4.78, 5) is 2.42. The predicted molar refractivity (Wildman–Crippen MR) is 69.2 cm³/mol. The highest BCUT2D eigenvalue weighted by Gasteiger charge is 2.31. The summed E-state index contributed by atoms with van der Waals surface area (Å²) in [7, 11) is 0. The summed E-state index contributed by atoms with van der Waals surface area (Å²) in [5, 5.41) is 3.26. The maximum Gasteiger partial charge on any atom is 0.146 e. The summed E-state index contributed by atoms with van der Waals surface area (Å²) in [6, 6.07) is 6.00. The van der Waals surface area contributed by atoms with E-state index in [1.54, 1.807) is 6.07 Å². The highest BCUT2D eigenvalue weighted by molar-refractivity contribution is 5.56. The van der Waals surface area contributed by atoms with E-state index in [4.69, 9.17) is 4.74 Å². The number of nitrogens with one attached hydrogen (secondary N) is 1. The molecule has 0 bridgehead atoms. The third kappa shape index (κ3) is 2.10. The highest BCUT2D eigenvalue weighted by Crippen LogP contribution is 2.38. The zero-order valence-electron chi connectivity index (χ0n) is 10.7. The number of hydrogen-bond donors (Lipinski definition) is 1. The van der Waals surface area contributed by atoms with Gasteiger partial charge in [0.15, 0.2) is 0 Å². The number of benzene rings is 1. The van der Waals surface area contributed by atoms with Gasteiger partial charge in [-0.3, -0.25) is 4.90 Å². The van der Waals surface area contributed by atoms with Crippen LogP contribution in [0.15, 0.2) is 18.2 Å². The fourth-order valence-corrected chi connectivity index (χ4v) is 2.97. The van der Waals surface area contributed by atoms with Gasteiger partial charge in [0.1, 0.15) is 5.82 Å². The van der Waals surface area contributed by atoms with Gasteiger partial charge in [0, 0.05) is 25.2 Å². The van der Waals surface area contributed by atoms with Crippen LogP contribution in [0.2, 0.25) is 0 Å². The molecule has 0 aromatic heterocycles. The number of halogens is 1. The Hall–Kier alpha value is -1.13. The van der Waals surface area contributed by atoms with Crippen LogP contribution in [0.5, 0.6) is 0 Å². The molecule has 2 unspecified atom stereocenters. The molecule has 2 aliphatic rings. The molecule has 1 fully saturated rings. The normalized spacial score (nSPS) is 28.6. The molecular formula is C14H19FN2O. The topological polar surface area (TPSA) is 24.5 Å². The van der Waals surface area contributed by atoms with E-state index in [0.29, 0.717) is 17.8 Å². The Bertz CT molecular complexity index is 432. The number of morpholine rings is 1. The first-order valence-corrected chi connectivity index (χ1v) is 6.62. The van der Waals surface area contributed by atoms with Gasteiger partial charge in [-0.1, -0.05) is 12.1 Å². The van der Waals surface area contributed by atoms with Crippen molar-refractivity contribution >= 4 is 5.69 Å². The third-order valence-corrected chi connectivity index (χ3v) is 3.86. The second-order valence-corrected chi connectivity index (χ2v) is 5.15. The van der Waals surface area contributed by atoms with Gasteiger partial charge < -0.3 is 10.1 Å². The number of ether oxygens (including phenoxy) is 1. The molecule has 2 atom stereocenters. The van der Waals surface area contributed by atoms with Crippen molar-refractivity contribution in [1.29, 1.82) is 0 Å². The van der Waals surface area contributed by atoms with Crippen LogP contribution in [0.3, 0.4) is 0 Å². The van der Waals surface area contributed by atoms with Gasteiger partial charge in [-0.05, 0) is 25.0 Å². The molecule has 98 valence electrons. The number of para-hydroxylation sites is 1. The summed E-state index contributed by atoms with van der Waals surface area (Å²) in [6.45, 7) is 5.55. The highest BCUT2D eigenvalue weighted by atomic mass is 19.1. The number of fused-ring (bicyclic) bond motifs is 1. The van der Waals surface area contributed by atoms with Crippen molar-refractivity contribution in [2.24, 2.45) is 0 Å². The monoisotopic (exact) mass is 250 g/mol. The van der Waals surface area contributed by atoms with Crippen molar-refractivity contribution in [3.05, 3.63) is 29.6 Å². The van der Waals surface area contributed by atoms with Crippen molar-refractivity contribution in [3.8, 4) is 0 Å². The largest absolute Gasteiger partial charge is 0.380 e. The second-order valence-electron chi connectivity index (χ2n) is 5.15. The van der Waals surface area contributed by atoms with Gasteiger partial charge in [-0.15, -0.1) is 0 Å². The standard InChI is InChI=1S/C14H19FN2O/c1-10-9-13(17-5-7-18-8-6-17)11-3-2-4-12(15)14(11)16-10/h2-4,10,13,16H,5-9H2,1H3. The van der Waals surface area contributed by atoms with Crippen molar-refractivity contribution in [3.63, 3.8) is 0 Å². The SMILES string of the molecule is CC1CC(N2CCOCC2)c2cccc(F)c2N1. The van der Waals surface area contributed by atoms with Crippen molar-refractivity contribution in [1.82, 2.24) is 4.90 Å². The van der Waals surface area contributed by atoms with Gasteiger partial charge in [0.25, 0.3) is 0 Å². The summed E-state index contributed by atoms with van der Waals surface area (Å²) in [5.41, 5.74) is 1.78. The third-order valence-electron chi connectivity index (χ3n) is 3.86. The van der Waals surface area contributed by atoms with Crippen LogP contribution in [0, 0.1) is 5.82 Å². The average molecular weight is 250 g/mol. The van der Waals surface area contributed by atoms with Crippen molar-refractivity contribution < 1.29 is 9.13 Å². The van der Waals surface area contributed by atoms with Gasteiger partial charge in [0.2, 0.25) is 0 Å². The van der Waals surface area contributed by atoms with E-state index in [1.165, 1.54) is 6.07 Å². The van der Waals surface area contributed by atoms with Crippen LogP contribution in [0.25, 0.3) is 0 Å². The summed E-state index contributed by atoms with van der Waals surface area (Å²) in [5.74, 6) is -0.141. The lowest BCUT2D eigenvalue weighted by atomic mass is 9.92. The zero-order valence-corrected chi connectivity index (χ0v) is 10.7.